The topological polar surface area (TPSA) is 128 Å². The van der Waals surface area contributed by atoms with Gasteiger partial charge in [0.15, 0.2) is 17.3 Å². The number of benzene rings is 1. The van der Waals surface area contributed by atoms with Crippen molar-refractivity contribution in [2.24, 2.45) is 5.10 Å². The minimum absolute atomic E-state index is 0.0186. The third kappa shape index (κ3) is 3.61. The minimum Gasteiger partial charge on any atom is -0.454 e. The predicted molar refractivity (Wildman–Crippen MR) is 82.2 cm³/mol. The van der Waals surface area contributed by atoms with Gasteiger partial charge in [0, 0.05) is 11.8 Å². The van der Waals surface area contributed by atoms with Gasteiger partial charge >= 0.3 is 5.88 Å². The molecule has 0 atom stereocenters. The Hall–Kier alpha value is -3.56. The molecule has 10 heteroatoms. The molecule has 0 saturated carbocycles. The largest absolute Gasteiger partial charge is 0.454 e. The van der Waals surface area contributed by atoms with Crippen LogP contribution in [-0.4, -0.2) is 30.4 Å². The van der Waals surface area contributed by atoms with E-state index < -0.39 is 16.7 Å². The van der Waals surface area contributed by atoms with E-state index >= 15 is 0 Å². The second-order valence-corrected chi connectivity index (χ2v) is 4.65. The maximum absolute atomic E-state index is 11.7. The van der Waals surface area contributed by atoms with Crippen molar-refractivity contribution in [3.8, 4) is 11.5 Å². The number of carbonyl (C=O) groups is 1. The number of amides is 1. The number of furan rings is 1. The van der Waals surface area contributed by atoms with Gasteiger partial charge in [-0.15, -0.1) is 0 Å². The van der Waals surface area contributed by atoms with E-state index in [1.165, 1.54) is 18.3 Å². The quantitative estimate of drug-likeness (QED) is 0.465. The lowest BCUT2D eigenvalue weighted by atomic mass is 10.3. The molecule has 1 aromatic heterocycles. The highest BCUT2D eigenvalue weighted by molar-refractivity contribution is 5.83. The number of ether oxygens (including phenoxy) is 2. The molecular weight excluding hydrogens is 320 g/mol. The molecule has 24 heavy (non-hydrogen) atoms. The van der Waals surface area contributed by atoms with Gasteiger partial charge in [-0.2, -0.15) is 5.10 Å². The first-order valence-electron chi connectivity index (χ1n) is 6.81. The summed E-state index contributed by atoms with van der Waals surface area (Å²) in [5.41, 5.74) is 2.97. The van der Waals surface area contributed by atoms with Gasteiger partial charge in [0.05, 0.1) is 18.8 Å². The van der Waals surface area contributed by atoms with E-state index in [0.29, 0.717) is 17.2 Å². The lowest BCUT2D eigenvalue weighted by molar-refractivity contribution is -0.402. The highest BCUT2D eigenvalue weighted by Gasteiger charge is 2.13. The van der Waals surface area contributed by atoms with Crippen LogP contribution in [0.2, 0.25) is 0 Å². The number of fused-ring (bicyclic) bond motifs is 1. The molecule has 1 aliphatic rings. The summed E-state index contributed by atoms with van der Waals surface area (Å²) in [5.74, 6) is 0.628. The second-order valence-electron chi connectivity index (χ2n) is 4.65. The summed E-state index contributed by atoms with van der Waals surface area (Å²) in [4.78, 5) is 21.5. The van der Waals surface area contributed by atoms with Crippen LogP contribution in [0.25, 0.3) is 0 Å². The van der Waals surface area contributed by atoms with E-state index in [4.69, 9.17) is 13.9 Å². The molecular formula is C14H12N4O6. The Morgan fingerprint density at radius 1 is 1.29 bits per heavy atom. The van der Waals surface area contributed by atoms with Crippen molar-refractivity contribution in [3.05, 3.63) is 46.2 Å². The van der Waals surface area contributed by atoms with Crippen LogP contribution in [0.5, 0.6) is 11.5 Å². The van der Waals surface area contributed by atoms with E-state index in [9.17, 15) is 14.9 Å². The zero-order valence-corrected chi connectivity index (χ0v) is 12.2. The van der Waals surface area contributed by atoms with Crippen LogP contribution in [0.15, 0.2) is 39.9 Å². The lowest BCUT2D eigenvalue weighted by Crippen LogP contribution is -2.25. The van der Waals surface area contributed by atoms with Crippen LogP contribution in [0, 0.1) is 10.1 Å². The van der Waals surface area contributed by atoms with Gasteiger partial charge in [0.1, 0.15) is 4.92 Å². The summed E-state index contributed by atoms with van der Waals surface area (Å²) in [6.45, 7) is 0.161. The van der Waals surface area contributed by atoms with Gasteiger partial charge in [-0.25, -0.2) is 5.43 Å². The monoisotopic (exact) mass is 332 g/mol. The molecule has 2 aromatic rings. The van der Waals surface area contributed by atoms with E-state index in [0.717, 1.165) is 0 Å². The molecule has 2 N–H and O–H groups in total. The van der Waals surface area contributed by atoms with E-state index in [-0.39, 0.29) is 19.1 Å². The highest BCUT2D eigenvalue weighted by Crippen LogP contribution is 2.34. The van der Waals surface area contributed by atoms with Crippen LogP contribution in [0.3, 0.4) is 0 Å². The van der Waals surface area contributed by atoms with Crippen molar-refractivity contribution in [1.29, 1.82) is 0 Å². The average Bonchev–Trinajstić information content (AvgIpc) is 3.21. The zero-order chi connectivity index (χ0) is 16.9. The van der Waals surface area contributed by atoms with E-state index in [1.807, 2.05) is 0 Å². The number of anilines is 1. The summed E-state index contributed by atoms with van der Waals surface area (Å²) in [6.07, 6.45) is 1.17. The summed E-state index contributed by atoms with van der Waals surface area (Å²) < 4.78 is 15.3. The van der Waals surface area contributed by atoms with Gasteiger partial charge in [0.2, 0.25) is 6.79 Å². The van der Waals surface area contributed by atoms with Crippen molar-refractivity contribution in [1.82, 2.24) is 5.43 Å². The molecule has 0 spiro atoms. The predicted octanol–water partition coefficient (Wildman–Crippen LogP) is 1.48. The number of rotatable bonds is 6. The maximum atomic E-state index is 11.7. The summed E-state index contributed by atoms with van der Waals surface area (Å²) in [7, 11) is 0. The zero-order valence-electron chi connectivity index (χ0n) is 12.2. The van der Waals surface area contributed by atoms with Gasteiger partial charge < -0.3 is 19.2 Å². The van der Waals surface area contributed by atoms with Crippen LogP contribution in [0.4, 0.5) is 11.6 Å². The number of nitro groups is 1. The number of hydrogen-bond donors (Lipinski definition) is 2. The number of nitrogens with zero attached hydrogens (tertiary/aromatic N) is 2. The fourth-order valence-corrected chi connectivity index (χ4v) is 1.91. The van der Waals surface area contributed by atoms with Gasteiger partial charge in [-0.3, -0.25) is 14.9 Å². The Kier molecular flexibility index (Phi) is 4.27. The molecule has 0 fully saturated rings. The highest BCUT2D eigenvalue weighted by atomic mass is 16.7. The SMILES string of the molecule is O=C(CNc1ccc2c(c1)OCO2)N/N=C\c1ccc([N+](=O)[O-])o1. The molecule has 124 valence electrons. The van der Waals surface area contributed by atoms with Crippen LogP contribution in [-0.2, 0) is 4.79 Å². The lowest BCUT2D eigenvalue weighted by Gasteiger charge is -2.05. The normalized spacial score (nSPS) is 12.3. The minimum atomic E-state index is -0.661. The van der Waals surface area contributed by atoms with Crippen LogP contribution < -0.4 is 20.2 Å². The van der Waals surface area contributed by atoms with Gasteiger partial charge in [-0.1, -0.05) is 0 Å². The Labute approximate surface area is 135 Å². The molecule has 0 unspecified atom stereocenters. The molecule has 0 aliphatic carbocycles. The fourth-order valence-electron chi connectivity index (χ4n) is 1.91. The number of carbonyl (C=O) groups excluding carboxylic acids is 1. The Bertz CT molecular complexity index is 800. The third-order valence-corrected chi connectivity index (χ3v) is 3.00. The molecule has 2 heterocycles. The summed E-state index contributed by atoms with van der Waals surface area (Å²) in [5, 5.41) is 17.0. The average molecular weight is 332 g/mol. The molecule has 0 radical (unpaired) electrons. The second kappa shape index (κ2) is 6.69. The molecule has 1 aliphatic heterocycles. The Morgan fingerprint density at radius 2 is 2.12 bits per heavy atom. The van der Waals surface area contributed by atoms with Gasteiger partial charge in [0.25, 0.3) is 5.91 Å². The summed E-state index contributed by atoms with van der Waals surface area (Å²) in [6, 6.07) is 7.79. The van der Waals surface area contributed by atoms with Gasteiger partial charge in [-0.05, 0) is 18.2 Å². The molecule has 3 rings (SSSR count). The van der Waals surface area contributed by atoms with Crippen LogP contribution >= 0.6 is 0 Å². The first-order valence-corrected chi connectivity index (χ1v) is 6.81. The molecule has 1 amide bonds. The molecule has 10 nitrogen and oxygen atoms in total. The number of nitrogens with one attached hydrogen (secondary N) is 2. The van der Waals surface area contributed by atoms with Crippen molar-refractivity contribution in [2.75, 3.05) is 18.7 Å². The van der Waals surface area contributed by atoms with Crippen molar-refractivity contribution >= 4 is 23.7 Å². The van der Waals surface area contributed by atoms with Crippen molar-refractivity contribution in [2.45, 2.75) is 0 Å². The molecule has 1 aromatic carbocycles. The first-order chi connectivity index (χ1) is 11.6. The summed E-state index contributed by atoms with van der Waals surface area (Å²) >= 11 is 0. The standard InChI is InChI=1S/C14H12N4O6/c19-13(17-16-6-10-2-4-14(24-10)18(20)21)7-15-9-1-3-11-12(5-9)23-8-22-11/h1-6,15H,7-8H2,(H,17,19)/b16-6-. The van der Waals surface area contributed by atoms with E-state index in [1.54, 1.807) is 18.2 Å². The van der Waals surface area contributed by atoms with Crippen molar-refractivity contribution < 1.29 is 23.6 Å². The number of hydrazone groups is 1. The smallest absolute Gasteiger partial charge is 0.433 e. The van der Waals surface area contributed by atoms with E-state index in [2.05, 4.69) is 15.8 Å². The Balaban J connectivity index is 1.47. The molecule has 0 saturated heterocycles. The van der Waals surface area contributed by atoms with Crippen molar-refractivity contribution in [3.63, 3.8) is 0 Å². The fraction of sp³-hybridized carbons (Fsp3) is 0.143. The van der Waals surface area contributed by atoms with Crippen LogP contribution in [0.1, 0.15) is 5.76 Å². The maximum Gasteiger partial charge on any atom is 0.433 e. The Morgan fingerprint density at radius 3 is 2.92 bits per heavy atom. The number of hydrogen-bond acceptors (Lipinski definition) is 8. The first kappa shape index (κ1) is 15.3. The molecule has 0 bridgehead atoms. The third-order valence-electron chi connectivity index (χ3n) is 3.00.